The number of H-pyrrole nitrogens is 1. The minimum atomic E-state index is -3.86. The summed E-state index contributed by atoms with van der Waals surface area (Å²) in [5.74, 6) is 0.890. The Labute approximate surface area is 120 Å². The highest BCUT2D eigenvalue weighted by atomic mass is 32.2. The van der Waals surface area contributed by atoms with Gasteiger partial charge in [0, 0.05) is 6.07 Å². The van der Waals surface area contributed by atoms with E-state index in [0.29, 0.717) is 24.7 Å². The second-order valence-corrected chi connectivity index (χ2v) is 5.86. The highest BCUT2D eigenvalue weighted by Crippen LogP contribution is 2.32. The van der Waals surface area contributed by atoms with E-state index in [2.05, 4.69) is 14.9 Å². The third-order valence-corrected chi connectivity index (χ3v) is 4.17. The first-order chi connectivity index (χ1) is 10.1. The number of aromatic nitrogens is 2. The summed E-state index contributed by atoms with van der Waals surface area (Å²) in [7, 11) is -3.86. The first-order valence-electron chi connectivity index (χ1n) is 5.96. The number of hydrogen-bond acceptors (Lipinski definition) is 6. The lowest BCUT2D eigenvalue weighted by Crippen LogP contribution is -2.17. The van der Waals surface area contributed by atoms with Crippen molar-refractivity contribution in [2.75, 3.05) is 17.9 Å². The topological polar surface area (TPSA) is 117 Å². The number of ether oxygens (including phenoxy) is 2. The number of benzene rings is 1. The Bertz CT molecular complexity index is 822. The predicted octanol–water partition coefficient (Wildman–Crippen LogP) is 0.853. The molecule has 9 heteroatoms. The molecule has 0 spiro atoms. The molecule has 2 N–H and O–H groups in total. The van der Waals surface area contributed by atoms with Crippen molar-refractivity contribution in [3.05, 3.63) is 30.0 Å². The lowest BCUT2D eigenvalue weighted by molar-refractivity contribution is 0.171. The van der Waals surface area contributed by atoms with Gasteiger partial charge >= 0.3 is 0 Å². The smallest absolute Gasteiger partial charge is 0.263 e. The van der Waals surface area contributed by atoms with Crippen LogP contribution in [0, 0.1) is 11.3 Å². The van der Waals surface area contributed by atoms with Crippen LogP contribution < -0.4 is 14.2 Å². The zero-order valence-corrected chi connectivity index (χ0v) is 11.5. The number of hydrogen-bond donors (Lipinski definition) is 2. The van der Waals surface area contributed by atoms with Gasteiger partial charge in [0.15, 0.2) is 17.3 Å². The van der Waals surface area contributed by atoms with Crippen molar-refractivity contribution in [2.24, 2.45) is 0 Å². The maximum Gasteiger partial charge on any atom is 0.263 e. The molecule has 1 aromatic carbocycles. The number of rotatable bonds is 3. The first-order valence-corrected chi connectivity index (χ1v) is 7.44. The van der Waals surface area contributed by atoms with Gasteiger partial charge in [0.1, 0.15) is 24.8 Å². The number of anilines is 1. The summed E-state index contributed by atoms with van der Waals surface area (Å²) in [4.78, 5) is 0.00485. The number of nitrogens with zero attached hydrogens (tertiary/aromatic N) is 2. The van der Waals surface area contributed by atoms with Crippen LogP contribution >= 0.6 is 0 Å². The summed E-state index contributed by atoms with van der Waals surface area (Å²) in [5.41, 5.74) is 0.108. The molecule has 1 aromatic heterocycles. The Hall–Kier alpha value is -2.73. The van der Waals surface area contributed by atoms with Crippen molar-refractivity contribution >= 4 is 15.8 Å². The summed E-state index contributed by atoms with van der Waals surface area (Å²) < 4.78 is 37.5. The highest BCUT2D eigenvalue weighted by molar-refractivity contribution is 7.92. The van der Waals surface area contributed by atoms with E-state index in [-0.39, 0.29) is 16.3 Å². The van der Waals surface area contributed by atoms with Crippen molar-refractivity contribution in [3.8, 4) is 17.6 Å². The molecule has 2 heterocycles. The summed E-state index contributed by atoms with van der Waals surface area (Å²) in [6.07, 6.45) is 1.24. The third-order valence-electron chi connectivity index (χ3n) is 2.82. The first kappa shape index (κ1) is 13.3. The van der Waals surface area contributed by atoms with Gasteiger partial charge in [0.05, 0.1) is 11.1 Å². The Balaban J connectivity index is 1.94. The van der Waals surface area contributed by atoms with Crippen LogP contribution in [0.3, 0.4) is 0 Å². The minimum Gasteiger partial charge on any atom is -0.486 e. The zero-order chi connectivity index (χ0) is 14.9. The molecule has 0 amide bonds. The van der Waals surface area contributed by atoms with Gasteiger partial charge in [0.25, 0.3) is 10.0 Å². The van der Waals surface area contributed by atoms with Crippen LogP contribution in [0.1, 0.15) is 5.56 Å². The normalized spacial score (nSPS) is 13.5. The van der Waals surface area contributed by atoms with Gasteiger partial charge in [-0.2, -0.15) is 10.4 Å². The summed E-state index contributed by atoms with van der Waals surface area (Å²) in [5, 5.41) is 14.9. The second-order valence-electron chi connectivity index (χ2n) is 4.18. The van der Waals surface area contributed by atoms with Crippen LogP contribution in [0.25, 0.3) is 0 Å². The van der Waals surface area contributed by atoms with Crippen LogP contribution in [0.5, 0.6) is 11.5 Å². The number of aromatic amines is 1. The van der Waals surface area contributed by atoms with Crippen molar-refractivity contribution in [1.82, 2.24) is 10.2 Å². The molecule has 0 fully saturated rings. The minimum absolute atomic E-state index is 0.00485. The molecule has 21 heavy (non-hydrogen) atoms. The molecular formula is C12H10N4O4S. The van der Waals surface area contributed by atoms with Gasteiger partial charge in [-0.3, -0.25) is 9.82 Å². The number of nitrogens with one attached hydrogen (secondary N) is 2. The monoisotopic (exact) mass is 306 g/mol. The summed E-state index contributed by atoms with van der Waals surface area (Å²) >= 11 is 0. The largest absolute Gasteiger partial charge is 0.486 e. The molecule has 1 aliphatic heterocycles. The molecule has 8 nitrogen and oxygen atoms in total. The zero-order valence-electron chi connectivity index (χ0n) is 10.7. The van der Waals surface area contributed by atoms with Crippen LogP contribution in [-0.4, -0.2) is 31.8 Å². The van der Waals surface area contributed by atoms with Crippen LogP contribution in [0.2, 0.25) is 0 Å². The molecule has 0 unspecified atom stereocenters. The molecule has 0 atom stereocenters. The maximum absolute atomic E-state index is 12.3. The average Bonchev–Trinajstić information content (AvgIpc) is 2.93. The van der Waals surface area contributed by atoms with E-state index in [1.807, 2.05) is 6.07 Å². The number of sulfonamides is 1. The molecule has 2 aromatic rings. The van der Waals surface area contributed by atoms with Crippen molar-refractivity contribution in [2.45, 2.75) is 4.90 Å². The van der Waals surface area contributed by atoms with Crippen molar-refractivity contribution < 1.29 is 17.9 Å². The average molecular weight is 306 g/mol. The van der Waals surface area contributed by atoms with E-state index in [0.717, 1.165) is 0 Å². The van der Waals surface area contributed by atoms with Gasteiger partial charge < -0.3 is 9.47 Å². The Kier molecular flexibility index (Phi) is 3.15. The van der Waals surface area contributed by atoms with Gasteiger partial charge in [-0.1, -0.05) is 0 Å². The van der Waals surface area contributed by atoms with Crippen LogP contribution in [-0.2, 0) is 10.0 Å². The van der Waals surface area contributed by atoms with E-state index in [1.165, 1.54) is 24.4 Å². The van der Waals surface area contributed by atoms with Crippen molar-refractivity contribution in [1.29, 1.82) is 5.26 Å². The van der Waals surface area contributed by atoms with E-state index < -0.39 is 10.0 Å². The lowest BCUT2D eigenvalue weighted by atomic mass is 10.3. The van der Waals surface area contributed by atoms with Gasteiger partial charge in [-0.15, -0.1) is 0 Å². The van der Waals surface area contributed by atoms with Crippen LogP contribution in [0.4, 0.5) is 5.82 Å². The SMILES string of the molecule is N#Cc1cn[nH]c1NS(=O)(=O)c1ccc2c(c1)OCCO2. The molecule has 0 radical (unpaired) electrons. The Morgan fingerprint density at radius 1 is 1.29 bits per heavy atom. The quantitative estimate of drug-likeness (QED) is 0.868. The highest BCUT2D eigenvalue weighted by Gasteiger charge is 2.21. The Morgan fingerprint density at radius 2 is 2.05 bits per heavy atom. The number of fused-ring (bicyclic) bond motifs is 1. The van der Waals surface area contributed by atoms with Crippen molar-refractivity contribution in [3.63, 3.8) is 0 Å². The molecule has 3 rings (SSSR count). The van der Waals surface area contributed by atoms with E-state index >= 15 is 0 Å². The maximum atomic E-state index is 12.3. The third kappa shape index (κ3) is 2.48. The van der Waals surface area contributed by atoms with Gasteiger partial charge in [0.2, 0.25) is 0 Å². The van der Waals surface area contributed by atoms with E-state index in [9.17, 15) is 8.42 Å². The molecule has 0 saturated carbocycles. The Morgan fingerprint density at radius 3 is 2.81 bits per heavy atom. The molecule has 1 aliphatic rings. The molecular weight excluding hydrogens is 296 g/mol. The summed E-state index contributed by atoms with van der Waals surface area (Å²) in [6.45, 7) is 0.792. The molecule has 0 bridgehead atoms. The molecule has 0 aliphatic carbocycles. The van der Waals surface area contributed by atoms with E-state index in [4.69, 9.17) is 14.7 Å². The fourth-order valence-corrected chi connectivity index (χ4v) is 2.88. The molecule has 108 valence electrons. The second kappa shape index (κ2) is 4.99. The number of nitriles is 1. The molecule has 0 saturated heterocycles. The summed E-state index contributed by atoms with van der Waals surface area (Å²) in [6, 6.07) is 6.14. The van der Waals surface area contributed by atoms with Crippen LogP contribution in [0.15, 0.2) is 29.3 Å². The fourth-order valence-electron chi connectivity index (χ4n) is 1.83. The standard InChI is InChI=1S/C12H10N4O4S/c13-6-8-7-14-15-12(8)16-21(17,18)9-1-2-10-11(5-9)20-4-3-19-10/h1-2,5,7H,3-4H2,(H2,14,15,16). The fraction of sp³-hybridized carbons (Fsp3) is 0.167. The van der Waals surface area contributed by atoms with Gasteiger partial charge in [-0.25, -0.2) is 8.42 Å². The predicted molar refractivity (Wildman–Crippen MR) is 71.5 cm³/mol. The van der Waals surface area contributed by atoms with E-state index in [1.54, 1.807) is 0 Å². The lowest BCUT2D eigenvalue weighted by Gasteiger charge is -2.18. The van der Waals surface area contributed by atoms with Gasteiger partial charge in [-0.05, 0) is 12.1 Å².